The van der Waals surface area contributed by atoms with Gasteiger partial charge in [-0.1, -0.05) is 30.3 Å². The summed E-state index contributed by atoms with van der Waals surface area (Å²) in [6.07, 6.45) is 2.44. The molecule has 1 unspecified atom stereocenters. The minimum absolute atomic E-state index is 0.0452. The molecule has 2 aliphatic rings. The molecule has 0 saturated carbocycles. The number of likely N-dealkylation sites (tertiary alicyclic amines) is 2. The molecule has 0 spiro atoms. The molecular weight excluding hydrogens is 318 g/mol. The van der Waals surface area contributed by atoms with Gasteiger partial charge in [0.25, 0.3) is 0 Å². The van der Waals surface area contributed by atoms with Crippen molar-refractivity contribution in [2.24, 2.45) is 0 Å². The van der Waals surface area contributed by atoms with E-state index in [9.17, 15) is 15.0 Å². The van der Waals surface area contributed by atoms with Crippen molar-refractivity contribution in [3.8, 4) is 0 Å². The van der Waals surface area contributed by atoms with E-state index >= 15 is 0 Å². The fraction of sp³-hybridized carbons (Fsp3) is 0.632. The highest BCUT2D eigenvalue weighted by Crippen LogP contribution is 2.34. The smallest absolute Gasteiger partial charge is 0.317 e. The van der Waals surface area contributed by atoms with Gasteiger partial charge in [-0.3, -0.25) is 0 Å². The molecule has 25 heavy (non-hydrogen) atoms. The number of β-amino-alcohol motifs (C(OH)–C–C–N with tert-alkyl or cyclic N) is 1. The summed E-state index contributed by atoms with van der Waals surface area (Å²) >= 11 is 0. The molecule has 2 heterocycles. The lowest BCUT2D eigenvalue weighted by Gasteiger charge is -2.41. The summed E-state index contributed by atoms with van der Waals surface area (Å²) < 4.78 is 0. The van der Waals surface area contributed by atoms with Crippen LogP contribution in [0.15, 0.2) is 30.3 Å². The van der Waals surface area contributed by atoms with Gasteiger partial charge in [0.15, 0.2) is 0 Å². The van der Waals surface area contributed by atoms with Crippen LogP contribution in [0.1, 0.15) is 24.8 Å². The Labute approximate surface area is 149 Å². The zero-order valence-electron chi connectivity index (χ0n) is 14.9. The van der Waals surface area contributed by atoms with Crippen LogP contribution in [0, 0.1) is 0 Å². The first-order valence-electron chi connectivity index (χ1n) is 9.07. The van der Waals surface area contributed by atoms with Crippen LogP contribution in [0.4, 0.5) is 4.79 Å². The first kappa shape index (κ1) is 18.2. The molecule has 2 saturated heterocycles. The quantitative estimate of drug-likeness (QED) is 0.753. The predicted molar refractivity (Wildman–Crippen MR) is 96.5 cm³/mol. The van der Waals surface area contributed by atoms with Gasteiger partial charge in [-0.25, -0.2) is 4.79 Å². The Morgan fingerprint density at radius 1 is 1.16 bits per heavy atom. The molecule has 138 valence electrons. The number of piperidine rings is 1. The Morgan fingerprint density at radius 2 is 1.84 bits per heavy atom. The molecule has 6 nitrogen and oxygen atoms in total. The number of nitrogens with one attached hydrogen (secondary N) is 1. The molecule has 6 heteroatoms. The second kappa shape index (κ2) is 7.32. The highest BCUT2D eigenvalue weighted by atomic mass is 16.3. The van der Waals surface area contributed by atoms with Gasteiger partial charge < -0.3 is 25.3 Å². The molecular formula is C19H29N3O3. The number of aliphatic hydroxyl groups is 2. The molecule has 1 atom stereocenters. The maximum Gasteiger partial charge on any atom is 0.317 e. The van der Waals surface area contributed by atoms with Gasteiger partial charge in [-0.05, 0) is 45.0 Å². The van der Waals surface area contributed by atoms with Gasteiger partial charge in [0, 0.05) is 18.5 Å². The molecule has 3 rings (SSSR count). The van der Waals surface area contributed by atoms with Crippen molar-refractivity contribution in [2.75, 3.05) is 46.4 Å². The normalized spacial score (nSPS) is 26.6. The third kappa shape index (κ3) is 3.97. The van der Waals surface area contributed by atoms with Crippen molar-refractivity contribution in [3.05, 3.63) is 35.9 Å². The number of benzene rings is 1. The van der Waals surface area contributed by atoms with E-state index < -0.39 is 5.60 Å². The Balaban J connectivity index is 1.67. The monoisotopic (exact) mass is 347 g/mol. The fourth-order valence-corrected chi connectivity index (χ4v) is 3.92. The standard InChI is InChI=1S/C19H29N3O3/c1-21-10-7-18(8-11-21,16-5-3-2-4-6-16)13-20-17(24)22-12-9-19(25,14-22)15-23/h2-6,23,25H,7-15H2,1H3,(H,20,24). The molecule has 2 amide bonds. The van der Waals surface area contributed by atoms with Gasteiger partial charge in [0.05, 0.1) is 13.2 Å². The summed E-state index contributed by atoms with van der Waals surface area (Å²) in [5, 5.41) is 22.5. The van der Waals surface area contributed by atoms with E-state index in [1.165, 1.54) is 5.56 Å². The minimum atomic E-state index is -1.15. The number of aliphatic hydroxyl groups excluding tert-OH is 1. The lowest BCUT2D eigenvalue weighted by atomic mass is 9.72. The summed E-state index contributed by atoms with van der Waals surface area (Å²) in [6, 6.07) is 10.3. The van der Waals surface area contributed by atoms with E-state index in [0.29, 0.717) is 19.5 Å². The van der Waals surface area contributed by atoms with Crippen molar-refractivity contribution < 1.29 is 15.0 Å². The van der Waals surface area contributed by atoms with E-state index in [4.69, 9.17) is 0 Å². The molecule has 0 bridgehead atoms. The Morgan fingerprint density at radius 3 is 2.44 bits per heavy atom. The van der Waals surface area contributed by atoms with Crippen molar-refractivity contribution in [3.63, 3.8) is 0 Å². The van der Waals surface area contributed by atoms with Gasteiger partial charge in [-0.15, -0.1) is 0 Å². The molecule has 2 aliphatic heterocycles. The van der Waals surface area contributed by atoms with Crippen LogP contribution in [0.2, 0.25) is 0 Å². The van der Waals surface area contributed by atoms with Crippen molar-refractivity contribution >= 4 is 6.03 Å². The fourth-order valence-electron chi connectivity index (χ4n) is 3.92. The second-order valence-corrected chi connectivity index (χ2v) is 7.66. The number of hydrogen-bond acceptors (Lipinski definition) is 4. The second-order valence-electron chi connectivity index (χ2n) is 7.66. The zero-order chi connectivity index (χ0) is 17.9. The molecule has 2 fully saturated rings. The third-order valence-electron chi connectivity index (χ3n) is 5.82. The highest BCUT2D eigenvalue weighted by Gasteiger charge is 2.39. The number of amides is 2. The Bertz CT molecular complexity index is 587. The summed E-state index contributed by atoms with van der Waals surface area (Å²) in [5.41, 5.74) is 0.0787. The number of nitrogens with zero attached hydrogens (tertiary/aromatic N) is 2. The largest absolute Gasteiger partial charge is 0.393 e. The SMILES string of the molecule is CN1CCC(CNC(=O)N2CCC(O)(CO)C2)(c2ccccc2)CC1. The van der Waals surface area contributed by atoms with E-state index in [0.717, 1.165) is 25.9 Å². The van der Waals surface area contributed by atoms with Crippen LogP contribution in [0.5, 0.6) is 0 Å². The van der Waals surface area contributed by atoms with Crippen LogP contribution >= 0.6 is 0 Å². The van der Waals surface area contributed by atoms with Crippen molar-refractivity contribution in [1.29, 1.82) is 0 Å². The topological polar surface area (TPSA) is 76.0 Å². The van der Waals surface area contributed by atoms with Crippen LogP contribution in [0.25, 0.3) is 0 Å². The van der Waals surface area contributed by atoms with E-state index in [2.05, 4.69) is 41.5 Å². The number of urea groups is 1. The van der Waals surface area contributed by atoms with Crippen LogP contribution in [-0.2, 0) is 5.41 Å². The molecule has 1 aromatic rings. The summed E-state index contributed by atoms with van der Waals surface area (Å²) in [6.45, 7) is 2.98. The molecule has 0 radical (unpaired) electrons. The summed E-state index contributed by atoms with van der Waals surface area (Å²) in [4.78, 5) is 16.5. The van der Waals surface area contributed by atoms with Gasteiger partial charge in [-0.2, -0.15) is 0 Å². The van der Waals surface area contributed by atoms with Crippen LogP contribution < -0.4 is 5.32 Å². The predicted octanol–water partition coefficient (Wildman–Crippen LogP) is 0.789. The van der Waals surface area contributed by atoms with Crippen molar-refractivity contribution in [1.82, 2.24) is 15.1 Å². The van der Waals surface area contributed by atoms with Crippen LogP contribution in [-0.4, -0.2) is 78.0 Å². The van der Waals surface area contributed by atoms with Crippen molar-refractivity contribution in [2.45, 2.75) is 30.3 Å². The van der Waals surface area contributed by atoms with E-state index in [-0.39, 0.29) is 24.6 Å². The maximum atomic E-state index is 12.5. The van der Waals surface area contributed by atoms with Gasteiger partial charge >= 0.3 is 6.03 Å². The third-order valence-corrected chi connectivity index (χ3v) is 5.82. The Kier molecular flexibility index (Phi) is 5.32. The molecule has 0 aromatic heterocycles. The number of carbonyl (C=O) groups is 1. The molecule has 1 aromatic carbocycles. The Hall–Kier alpha value is -1.63. The lowest BCUT2D eigenvalue weighted by molar-refractivity contribution is -0.00284. The average Bonchev–Trinajstić information content (AvgIpc) is 3.05. The first-order chi connectivity index (χ1) is 12.0. The highest BCUT2D eigenvalue weighted by molar-refractivity contribution is 5.74. The van der Waals surface area contributed by atoms with Crippen LogP contribution in [0.3, 0.4) is 0 Å². The number of carbonyl (C=O) groups excluding carboxylic acids is 1. The summed E-state index contributed by atoms with van der Waals surface area (Å²) in [7, 11) is 2.13. The number of rotatable bonds is 4. The molecule has 3 N–H and O–H groups in total. The number of hydrogen-bond donors (Lipinski definition) is 3. The van der Waals surface area contributed by atoms with E-state index in [1.54, 1.807) is 4.90 Å². The zero-order valence-corrected chi connectivity index (χ0v) is 14.9. The average molecular weight is 347 g/mol. The van der Waals surface area contributed by atoms with E-state index in [1.807, 2.05) is 6.07 Å². The van der Waals surface area contributed by atoms with Gasteiger partial charge in [0.1, 0.15) is 5.60 Å². The van der Waals surface area contributed by atoms with Gasteiger partial charge in [0.2, 0.25) is 0 Å². The first-order valence-corrected chi connectivity index (χ1v) is 9.07. The summed E-state index contributed by atoms with van der Waals surface area (Å²) in [5.74, 6) is 0. The maximum absolute atomic E-state index is 12.5. The lowest BCUT2D eigenvalue weighted by Crippen LogP contribution is -2.51. The molecule has 0 aliphatic carbocycles. The minimum Gasteiger partial charge on any atom is -0.393 e.